The average molecular weight is 481 g/mol. The van der Waals surface area contributed by atoms with E-state index in [4.69, 9.17) is 5.26 Å². The second kappa shape index (κ2) is 11.0. The Balaban J connectivity index is 1.29. The maximum atomic E-state index is 12.9. The van der Waals surface area contributed by atoms with Gasteiger partial charge in [-0.25, -0.2) is 8.42 Å². The molecule has 0 bridgehead atoms. The second-order valence-corrected chi connectivity index (χ2v) is 10.9. The predicted molar refractivity (Wildman–Crippen MR) is 132 cm³/mol. The lowest BCUT2D eigenvalue weighted by Crippen LogP contribution is -2.35. The van der Waals surface area contributed by atoms with Crippen LogP contribution in [0.4, 0.5) is 5.69 Å². The third kappa shape index (κ3) is 5.78. The molecule has 4 rings (SSSR count). The van der Waals surface area contributed by atoms with Crippen LogP contribution in [0.15, 0.2) is 53.4 Å². The van der Waals surface area contributed by atoms with Crippen molar-refractivity contribution in [1.29, 1.82) is 5.26 Å². The van der Waals surface area contributed by atoms with Crippen LogP contribution < -0.4 is 4.90 Å². The van der Waals surface area contributed by atoms with Gasteiger partial charge in [0.15, 0.2) is 0 Å². The summed E-state index contributed by atoms with van der Waals surface area (Å²) in [6, 6.07) is 16.7. The Morgan fingerprint density at radius 1 is 0.824 bits per heavy atom. The number of rotatable bonds is 6. The number of hydrogen-bond acceptors (Lipinski definition) is 5. The Labute approximate surface area is 202 Å². The van der Waals surface area contributed by atoms with Crippen molar-refractivity contribution >= 4 is 21.6 Å². The topological polar surface area (TPSA) is 84.7 Å². The number of anilines is 1. The molecule has 0 radical (unpaired) electrons. The van der Waals surface area contributed by atoms with E-state index in [2.05, 4.69) is 11.0 Å². The van der Waals surface area contributed by atoms with Crippen molar-refractivity contribution in [3.05, 3.63) is 59.7 Å². The van der Waals surface area contributed by atoms with Gasteiger partial charge in [0.05, 0.1) is 16.5 Å². The molecule has 34 heavy (non-hydrogen) atoms. The maximum absolute atomic E-state index is 12.9. The summed E-state index contributed by atoms with van der Waals surface area (Å²) in [5.41, 5.74) is 2.69. The Hall–Kier alpha value is -2.89. The van der Waals surface area contributed by atoms with Crippen LogP contribution >= 0.6 is 0 Å². The Morgan fingerprint density at radius 3 is 2.21 bits per heavy atom. The molecule has 2 aromatic rings. The molecule has 0 spiro atoms. The SMILES string of the molecule is N#Cc1ccc(N2CCCN(C(=O)CCc3ccc(S(=O)(=O)N4CCCCC4)cc3)CC2)cc1. The van der Waals surface area contributed by atoms with Crippen LogP contribution in [0.2, 0.25) is 0 Å². The molecule has 0 aliphatic carbocycles. The Morgan fingerprint density at radius 2 is 1.53 bits per heavy atom. The molecular weight excluding hydrogens is 448 g/mol. The summed E-state index contributed by atoms with van der Waals surface area (Å²) in [6.07, 6.45) is 4.83. The van der Waals surface area contributed by atoms with Gasteiger partial charge >= 0.3 is 0 Å². The van der Waals surface area contributed by atoms with Gasteiger partial charge in [-0.15, -0.1) is 0 Å². The first-order valence-electron chi connectivity index (χ1n) is 12.1. The standard InChI is InChI=1S/C26H32N4O3S/c27-21-23-5-10-24(11-6-23)28-15-4-16-29(20-19-28)26(31)14-9-22-7-12-25(13-8-22)34(32,33)30-17-2-1-3-18-30/h5-8,10-13H,1-4,9,14-20H2. The molecule has 0 saturated carbocycles. The van der Waals surface area contributed by atoms with E-state index in [1.807, 2.05) is 41.3 Å². The van der Waals surface area contributed by atoms with Gasteiger partial charge in [0, 0.05) is 51.4 Å². The van der Waals surface area contributed by atoms with Crippen molar-refractivity contribution in [2.24, 2.45) is 0 Å². The summed E-state index contributed by atoms with van der Waals surface area (Å²) in [5, 5.41) is 8.98. The fraction of sp³-hybridized carbons (Fsp3) is 0.462. The van der Waals surface area contributed by atoms with Crippen LogP contribution in [0.5, 0.6) is 0 Å². The zero-order valence-corrected chi connectivity index (χ0v) is 20.3. The minimum absolute atomic E-state index is 0.131. The van der Waals surface area contributed by atoms with Gasteiger partial charge in [-0.3, -0.25) is 4.79 Å². The summed E-state index contributed by atoms with van der Waals surface area (Å²) in [7, 11) is -3.43. The normalized spacial score (nSPS) is 17.7. The number of nitriles is 1. The van der Waals surface area contributed by atoms with Gasteiger partial charge < -0.3 is 9.80 Å². The summed E-state index contributed by atoms with van der Waals surface area (Å²) in [5.74, 6) is 0.131. The van der Waals surface area contributed by atoms with Crippen LogP contribution in [-0.4, -0.2) is 62.8 Å². The fourth-order valence-electron chi connectivity index (χ4n) is 4.66. The number of amides is 1. The molecule has 0 N–H and O–H groups in total. The Kier molecular flexibility index (Phi) is 7.86. The van der Waals surface area contributed by atoms with Crippen LogP contribution in [0.3, 0.4) is 0 Å². The van der Waals surface area contributed by atoms with E-state index in [0.29, 0.717) is 42.9 Å². The Bertz CT molecular complexity index is 1120. The van der Waals surface area contributed by atoms with E-state index in [1.165, 1.54) is 0 Å². The second-order valence-electron chi connectivity index (χ2n) is 8.99. The minimum atomic E-state index is -3.43. The first-order chi connectivity index (χ1) is 16.5. The lowest BCUT2D eigenvalue weighted by molar-refractivity contribution is -0.130. The highest BCUT2D eigenvalue weighted by Gasteiger charge is 2.26. The fourth-order valence-corrected chi connectivity index (χ4v) is 6.18. The van der Waals surface area contributed by atoms with E-state index in [1.54, 1.807) is 16.4 Å². The number of carbonyl (C=O) groups is 1. The summed E-state index contributed by atoms with van der Waals surface area (Å²) in [4.78, 5) is 17.4. The molecule has 2 aliphatic heterocycles. The third-order valence-electron chi connectivity index (χ3n) is 6.71. The van der Waals surface area contributed by atoms with E-state index < -0.39 is 10.0 Å². The van der Waals surface area contributed by atoms with Gasteiger partial charge in [0.25, 0.3) is 0 Å². The maximum Gasteiger partial charge on any atom is 0.243 e. The number of piperidine rings is 1. The van der Waals surface area contributed by atoms with E-state index in [0.717, 1.165) is 56.6 Å². The van der Waals surface area contributed by atoms with Crippen molar-refractivity contribution in [2.45, 2.75) is 43.4 Å². The smallest absolute Gasteiger partial charge is 0.243 e. The molecular formula is C26H32N4O3S. The monoisotopic (exact) mass is 480 g/mol. The third-order valence-corrected chi connectivity index (χ3v) is 8.63. The highest BCUT2D eigenvalue weighted by atomic mass is 32.2. The molecule has 2 saturated heterocycles. The van der Waals surface area contributed by atoms with Gasteiger partial charge in [-0.1, -0.05) is 18.6 Å². The van der Waals surface area contributed by atoms with Crippen LogP contribution in [0, 0.1) is 11.3 Å². The van der Waals surface area contributed by atoms with E-state index in [-0.39, 0.29) is 5.91 Å². The molecule has 2 heterocycles. The zero-order valence-electron chi connectivity index (χ0n) is 19.5. The van der Waals surface area contributed by atoms with Crippen molar-refractivity contribution in [3.63, 3.8) is 0 Å². The quantitative estimate of drug-likeness (QED) is 0.633. The molecule has 2 aliphatic rings. The molecule has 0 atom stereocenters. The van der Waals surface area contributed by atoms with Crippen LogP contribution in [-0.2, 0) is 21.2 Å². The number of hydrogen-bond donors (Lipinski definition) is 0. The summed E-state index contributed by atoms with van der Waals surface area (Å²) < 4.78 is 27.2. The average Bonchev–Trinajstić information content (AvgIpc) is 3.15. The summed E-state index contributed by atoms with van der Waals surface area (Å²) in [6.45, 7) is 4.24. The molecule has 1 amide bonds. The van der Waals surface area contributed by atoms with Crippen LogP contribution in [0.25, 0.3) is 0 Å². The first-order valence-corrected chi connectivity index (χ1v) is 13.5. The van der Waals surface area contributed by atoms with Crippen LogP contribution in [0.1, 0.15) is 43.2 Å². The van der Waals surface area contributed by atoms with Crippen molar-refractivity contribution in [2.75, 3.05) is 44.2 Å². The molecule has 2 aromatic carbocycles. The lowest BCUT2D eigenvalue weighted by Gasteiger charge is -2.26. The highest BCUT2D eigenvalue weighted by molar-refractivity contribution is 7.89. The summed E-state index contributed by atoms with van der Waals surface area (Å²) >= 11 is 0. The highest BCUT2D eigenvalue weighted by Crippen LogP contribution is 2.22. The van der Waals surface area contributed by atoms with Crippen molar-refractivity contribution in [1.82, 2.24) is 9.21 Å². The number of aryl methyl sites for hydroxylation is 1. The number of sulfonamides is 1. The van der Waals surface area contributed by atoms with Gasteiger partial charge in [-0.05, 0) is 67.6 Å². The zero-order chi connectivity index (χ0) is 24.0. The van der Waals surface area contributed by atoms with Gasteiger partial charge in [0.1, 0.15) is 0 Å². The molecule has 180 valence electrons. The predicted octanol–water partition coefficient (Wildman–Crippen LogP) is 3.40. The minimum Gasteiger partial charge on any atom is -0.370 e. The molecule has 0 aromatic heterocycles. The largest absolute Gasteiger partial charge is 0.370 e. The molecule has 7 nitrogen and oxygen atoms in total. The lowest BCUT2D eigenvalue weighted by atomic mass is 10.1. The van der Waals surface area contributed by atoms with Gasteiger partial charge in [-0.2, -0.15) is 9.57 Å². The number of benzene rings is 2. The van der Waals surface area contributed by atoms with Crippen molar-refractivity contribution < 1.29 is 13.2 Å². The molecule has 2 fully saturated rings. The van der Waals surface area contributed by atoms with Crippen molar-refractivity contribution in [3.8, 4) is 6.07 Å². The van der Waals surface area contributed by atoms with E-state index >= 15 is 0 Å². The number of nitrogens with zero attached hydrogens (tertiary/aromatic N) is 4. The first kappa shape index (κ1) is 24.2. The van der Waals surface area contributed by atoms with Gasteiger partial charge in [0.2, 0.25) is 15.9 Å². The van der Waals surface area contributed by atoms with E-state index in [9.17, 15) is 13.2 Å². The molecule has 8 heteroatoms. The number of carbonyl (C=O) groups excluding carboxylic acids is 1. The molecule has 0 unspecified atom stereocenters.